The standard InChI is InChI=1S/C21H24F2N6O4S2/c1-21(6-7-21)28-35(31,32)13-9-14-18(15-3-4-16(20(22)23)26-25-15)27-33-19(14)17(10-13)29-8-5-12(11-29)34(2,24)30/h3-4,9-10,12,20,24,28H,5-8,11H2,1-2H3. The summed E-state index contributed by atoms with van der Waals surface area (Å²) >= 11 is 0. The molecule has 0 amide bonds. The molecule has 10 nitrogen and oxygen atoms in total. The van der Waals surface area contributed by atoms with Gasteiger partial charge in [-0.2, -0.15) is 0 Å². The van der Waals surface area contributed by atoms with Gasteiger partial charge in [-0.05, 0) is 50.5 Å². The first-order valence-corrected chi connectivity index (χ1v) is 14.4. The summed E-state index contributed by atoms with van der Waals surface area (Å²) in [6.07, 6.45) is 0.585. The van der Waals surface area contributed by atoms with E-state index in [0.29, 0.717) is 30.6 Å². The fourth-order valence-corrected chi connectivity index (χ4v) is 6.68. The van der Waals surface area contributed by atoms with Gasteiger partial charge in [-0.1, -0.05) is 5.16 Å². The third-order valence-corrected chi connectivity index (χ3v) is 9.77. The Kier molecular flexibility index (Phi) is 5.60. The molecule has 2 atom stereocenters. The first-order valence-electron chi connectivity index (χ1n) is 10.9. The molecule has 14 heteroatoms. The summed E-state index contributed by atoms with van der Waals surface area (Å²) in [5.74, 6) is 0. The molecule has 0 spiro atoms. The van der Waals surface area contributed by atoms with Crippen LogP contribution in [0.3, 0.4) is 0 Å². The largest absolute Gasteiger partial charge is 0.367 e. The van der Waals surface area contributed by atoms with Crippen LogP contribution in [0.2, 0.25) is 0 Å². The van der Waals surface area contributed by atoms with Crippen molar-refractivity contribution in [1.29, 1.82) is 4.78 Å². The molecular weight excluding hydrogens is 502 g/mol. The lowest BCUT2D eigenvalue weighted by molar-refractivity contribution is 0.145. The van der Waals surface area contributed by atoms with E-state index < -0.39 is 37.4 Å². The average molecular weight is 527 g/mol. The van der Waals surface area contributed by atoms with Crippen molar-refractivity contribution in [3.05, 3.63) is 30.0 Å². The summed E-state index contributed by atoms with van der Waals surface area (Å²) < 4.78 is 80.9. The van der Waals surface area contributed by atoms with Crippen molar-refractivity contribution in [1.82, 2.24) is 20.1 Å². The molecule has 2 unspecified atom stereocenters. The van der Waals surface area contributed by atoms with Gasteiger partial charge in [0.2, 0.25) is 10.0 Å². The number of fused-ring (bicyclic) bond motifs is 1. The molecule has 1 saturated heterocycles. The molecule has 1 aromatic carbocycles. The van der Waals surface area contributed by atoms with E-state index >= 15 is 0 Å². The van der Waals surface area contributed by atoms with Crippen LogP contribution >= 0.6 is 0 Å². The summed E-state index contributed by atoms with van der Waals surface area (Å²) in [7, 11) is -6.71. The van der Waals surface area contributed by atoms with Gasteiger partial charge in [0.15, 0.2) is 5.58 Å². The summed E-state index contributed by atoms with van der Waals surface area (Å²) in [5.41, 5.74) is 0.0433. The maximum atomic E-state index is 13.2. The quantitative estimate of drug-likeness (QED) is 0.478. The molecule has 1 aliphatic carbocycles. The van der Waals surface area contributed by atoms with Crippen LogP contribution in [0.5, 0.6) is 0 Å². The predicted molar refractivity (Wildman–Crippen MR) is 125 cm³/mol. The smallest absolute Gasteiger partial charge is 0.282 e. The molecule has 0 bridgehead atoms. The molecule has 1 aliphatic heterocycles. The lowest BCUT2D eigenvalue weighted by Crippen LogP contribution is -2.34. The number of nitrogens with zero attached hydrogens (tertiary/aromatic N) is 4. The molecule has 0 radical (unpaired) electrons. The highest BCUT2D eigenvalue weighted by Gasteiger charge is 2.42. The van der Waals surface area contributed by atoms with Crippen molar-refractivity contribution in [3.8, 4) is 11.4 Å². The first-order chi connectivity index (χ1) is 16.4. The van der Waals surface area contributed by atoms with Gasteiger partial charge in [0, 0.05) is 34.6 Å². The van der Waals surface area contributed by atoms with Crippen LogP contribution < -0.4 is 9.62 Å². The lowest BCUT2D eigenvalue weighted by atomic mass is 10.1. The van der Waals surface area contributed by atoms with E-state index in [1.807, 2.05) is 11.8 Å². The van der Waals surface area contributed by atoms with Crippen LogP contribution in [0.15, 0.2) is 33.7 Å². The van der Waals surface area contributed by atoms with Crippen LogP contribution in [0.4, 0.5) is 14.5 Å². The first kappa shape index (κ1) is 24.0. The minimum Gasteiger partial charge on any atom is -0.367 e. The Bertz CT molecular complexity index is 1500. The lowest BCUT2D eigenvalue weighted by Gasteiger charge is -2.20. The molecule has 35 heavy (non-hydrogen) atoms. The average Bonchev–Trinajstić information content (AvgIpc) is 3.19. The Morgan fingerprint density at radius 2 is 1.97 bits per heavy atom. The molecule has 2 aliphatic rings. The Hall–Kier alpha value is -2.71. The third kappa shape index (κ3) is 4.61. The molecule has 2 fully saturated rings. The molecule has 3 heterocycles. The molecule has 5 rings (SSSR count). The minimum atomic E-state index is -3.91. The van der Waals surface area contributed by atoms with Gasteiger partial charge >= 0.3 is 0 Å². The number of hydrogen-bond donors (Lipinski definition) is 2. The third-order valence-electron chi connectivity index (χ3n) is 6.49. The highest BCUT2D eigenvalue weighted by molar-refractivity contribution is 7.92. The molecule has 2 N–H and O–H groups in total. The van der Waals surface area contributed by atoms with Gasteiger partial charge in [0.1, 0.15) is 17.1 Å². The van der Waals surface area contributed by atoms with E-state index in [-0.39, 0.29) is 27.1 Å². The van der Waals surface area contributed by atoms with Crippen LogP contribution in [0.1, 0.15) is 38.3 Å². The van der Waals surface area contributed by atoms with E-state index in [2.05, 4.69) is 20.1 Å². The fraction of sp³-hybridized carbons (Fsp3) is 0.476. The Labute approximate surface area is 201 Å². The summed E-state index contributed by atoms with van der Waals surface area (Å²) in [5, 5.41) is 11.4. The normalized spacial score (nSPS) is 21.5. The molecule has 3 aromatic rings. The van der Waals surface area contributed by atoms with Crippen molar-refractivity contribution in [2.24, 2.45) is 0 Å². The Morgan fingerprint density at radius 1 is 1.23 bits per heavy atom. The second-order valence-electron chi connectivity index (χ2n) is 9.42. The number of hydrogen-bond acceptors (Lipinski definition) is 9. The van der Waals surface area contributed by atoms with E-state index in [1.165, 1.54) is 24.5 Å². The molecule has 1 saturated carbocycles. The zero-order chi connectivity index (χ0) is 25.2. The number of rotatable bonds is 7. The van der Waals surface area contributed by atoms with Crippen LogP contribution in [0.25, 0.3) is 22.4 Å². The van der Waals surface area contributed by atoms with Gasteiger partial charge < -0.3 is 9.42 Å². The predicted octanol–water partition coefficient (Wildman–Crippen LogP) is 3.31. The van der Waals surface area contributed by atoms with Gasteiger partial charge in [0.25, 0.3) is 6.43 Å². The fourth-order valence-electron chi connectivity index (χ4n) is 4.15. The van der Waals surface area contributed by atoms with E-state index in [1.54, 1.807) is 0 Å². The number of halogens is 2. The number of nitrogens with one attached hydrogen (secondary N) is 2. The zero-order valence-corrected chi connectivity index (χ0v) is 20.6. The summed E-state index contributed by atoms with van der Waals surface area (Å²) in [6.45, 7) is 2.57. The monoisotopic (exact) mass is 526 g/mol. The molecule has 188 valence electrons. The van der Waals surface area contributed by atoms with Crippen molar-refractivity contribution < 1.29 is 25.9 Å². The maximum Gasteiger partial charge on any atom is 0.282 e. The van der Waals surface area contributed by atoms with Crippen LogP contribution in [-0.2, 0) is 19.8 Å². The van der Waals surface area contributed by atoms with Gasteiger partial charge in [-0.25, -0.2) is 26.1 Å². The van der Waals surface area contributed by atoms with Gasteiger partial charge in [-0.15, -0.1) is 10.2 Å². The topological polar surface area (TPSA) is 142 Å². The summed E-state index contributed by atoms with van der Waals surface area (Å²) in [6, 6.07) is 5.36. The second-order valence-corrected chi connectivity index (χ2v) is 13.6. The van der Waals surface area contributed by atoms with Crippen LogP contribution in [-0.4, -0.2) is 58.1 Å². The van der Waals surface area contributed by atoms with Crippen LogP contribution in [0, 0.1) is 4.78 Å². The Morgan fingerprint density at radius 3 is 2.54 bits per heavy atom. The minimum absolute atomic E-state index is 0.0127. The number of sulfonamides is 1. The Balaban J connectivity index is 1.64. The zero-order valence-electron chi connectivity index (χ0n) is 19.0. The molecule has 2 aromatic heterocycles. The number of anilines is 1. The van der Waals surface area contributed by atoms with E-state index in [0.717, 1.165) is 18.9 Å². The maximum absolute atomic E-state index is 13.2. The van der Waals surface area contributed by atoms with Gasteiger partial charge in [-0.3, -0.25) is 4.78 Å². The second kappa shape index (κ2) is 8.17. The number of aromatic nitrogens is 3. The van der Waals surface area contributed by atoms with E-state index in [9.17, 15) is 21.4 Å². The van der Waals surface area contributed by atoms with Crippen molar-refractivity contribution in [3.63, 3.8) is 0 Å². The summed E-state index contributed by atoms with van der Waals surface area (Å²) in [4.78, 5) is 1.82. The van der Waals surface area contributed by atoms with Crippen molar-refractivity contribution in [2.75, 3.05) is 24.2 Å². The van der Waals surface area contributed by atoms with E-state index in [4.69, 9.17) is 9.30 Å². The number of alkyl halides is 2. The van der Waals surface area contributed by atoms with Crippen molar-refractivity contribution >= 4 is 36.4 Å². The SMILES string of the molecule is CC1(NS(=O)(=O)c2cc(N3CCC(S(C)(=N)=O)C3)c3onc(-c4ccc(C(F)F)nn4)c3c2)CC1. The molecular formula is C21H24F2N6O4S2. The number of benzene rings is 1. The van der Waals surface area contributed by atoms with Gasteiger partial charge in [0.05, 0.1) is 21.2 Å². The van der Waals surface area contributed by atoms with Crippen molar-refractivity contribution in [2.45, 2.75) is 48.3 Å². The highest BCUT2D eigenvalue weighted by atomic mass is 32.2. The highest BCUT2D eigenvalue weighted by Crippen LogP contribution is 2.40.